The molecule has 1 aromatic carbocycles. The van der Waals surface area contributed by atoms with Gasteiger partial charge in [-0.05, 0) is 37.4 Å². The number of piperidine rings is 1. The number of oxazole rings is 1. The number of rotatable bonds is 2. The number of hydrogen-bond donors (Lipinski definition) is 1. The van der Waals surface area contributed by atoms with Crippen LogP contribution in [0.3, 0.4) is 0 Å². The average Bonchev–Trinajstić information content (AvgIpc) is 2.81. The zero-order valence-electron chi connectivity index (χ0n) is 10.1. The lowest BCUT2D eigenvalue weighted by molar-refractivity contribution is 0.403. The van der Waals surface area contributed by atoms with Crippen molar-refractivity contribution < 1.29 is 4.42 Å². The van der Waals surface area contributed by atoms with Crippen LogP contribution < -0.4 is 10.6 Å². The normalized spacial score (nSPS) is 20.6. The molecule has 1 atom stereocenters. The average molecular weight is 266 g/mol. The van der Waals surface area contributed by atoms with Gasteiger partial charge in [-0.2, -0.15) is 4.98 Å². The Labute approximate surface area is 111 Å². The van der Waals surface area contributed by atoms with E-state index in [1.54, 1.807) is 6.07 Å². The predicted molar refractivity (Wildman–Crippen MR) is 73.0 cm³/mol. The minimum atomic E-state index is 0.539. The van der Waals surface area contributed by atoms with Crippen molar-refractivity contribution in [1.82, 2.24) is 4.98 Å². The van der Waals surface area contributed by atoms with Gasteiger partial charge in [0.2, 0.25) is 0 Å². The first-order valence-corrected chi connectivity index (χ1v) is 6.65. The van der Waals surface area contributed by atoms with Gasteiger partial charge in [0.25, 0.3) is 6.01 Å². The third kappa shape index (κ3) is 2.18. The fourth-order valence-corrected chi connectivity index (χ4v) is 2.61. The molecule has 1 aliphatic heterocycles. The molecule has 0 amide bonds. The summed E-state index contributed by atoms with van der Waals surface area (Å²) in [4.78, 5) is 6.68. The largest absolute Gasteiger partial charge is 0.423 e. The van der Waals surface area contributed by atoms with Gasteiger partial charge in [0.15, 0.2) is 5.58 Å². The van der Waals surface area contributed by atoms with E-state index in [2.05, 4.69) is 9.88 Å². The maximum Gasteiger partial charge on any atom is 0.298 e. The van der Waals surface area contributed by atoms with E-state index in [1.807, 2.05) is 12.1 Å². The lowest BCUT2D eigenvalue weighted by Crippen LogP contribution is -2.38. The van der Waals surface area contributed by atoms with Crippen LogP contribution in [-0.4, -0.2) is 24.6 Å². The Hall–Kier alpha value is -1.26. The van der Waals surface area contributed by atoms with Crippen LogP contribution in [0.2, 0.25) is 5.02 Å². The highest BCUT2D eigenvalue weighted by molar-refractivity contribution is 6.31. The second kappa shape index (κ2) is 4.78. The first kappa shape index (κ1) is 11.8. The molecule has 0 radical (unpaired) electrons. The van der Waals surface area contributed by atoms with Crippen molar-refractivity contribution in [1.29, 1.82) is 0 Å². The quantitative estimate of drug-likeness (QED) is 0.907. The Morgan fingerprint density at radius 3 is 3.22 bits per heavy atom. The minimum Gasteiger partial charge on any atom is -0.423 e. The van der Waals surface area contributed by atoms with E-state index in [4.69, 9.17) is 21.8 Å². The molecule has 1 saturated heterocycles. The Balaban J connectivity index is 1.89. The molecule has 0 saturated carbocycles. The molecule has 96 valence electrons. The van der Waals surface area contributed by atoms with Crippen molar-refractivity contribution in [3.63, 3.8) is 0 Å². The molecule has 0 bridgehead atoms. The van der Waals surface area contributed by atoms with Gasteiger partial charge in [-0.15, -0.1) is 0 Å². The number of hydrogen-bond acceptors (Lipinski definition) is 4. The number of anilines is 1. The van der Waals surface area contributed by atoms with E-state index >= 15 is 0 Å². The SMILES string of the molecule is NC[C@@H]1CCCN(c2nc3ccc(Cl)cc3o2)C1. The van der Waals surface area contributed by atoms with Gasteiger partial charge in [-0.3, -0.25) is 0 Å². The molecule has 1 aliphatic rings. The molecule has 1 aromatic heterocycles. The fourth-order valence-electron chi connectivity index (χ4n) is 2.45. The van der Waals surface area contributed by atoms with Crippen molar-refractivity contribution in [2.45, 2.75) is 12.8 Å². The maximum absolute atomic E-state index is 5.94. The highest BCUT2D eigenvalue weighted by Gasteiger charge is 2.22. The second-order valence-corrected chi connectivity index (χ2v) is 5.23. The second-order valence-electron chi connectivity index (χ2n) is 4.80. The molecule has 5 heteroatoms. The van der Waals surface area contributed by atoms with E-state index in [1.165, 1.54) is 6.42 Å². The van der Waals surface area contributed by atoms with Gasteiger partial charge in [-0.1, -0.05) is 11.6 Å². The summed E-state index contributed by atoms with van der Waals surface area (Å²) in [5, 5.41) is 0.670. The molecule has 4 nitrogen and oxygen atoms in total. The van der Waals surface area contributed by atoms with Crippen LogP contribution in [0.15, 0.2) is 22.6 Å². The van der Waals surface area contributed by atoms with Crippen LogP contribution >= 0.6 is 11.6 Å². The summed E-state index contributed by atoms with van der Waals surface area (Å²) >= 11 is 5.94. The standard InChI is InChI=1S/C13H16ClN3O/c14-10-3-4-11-12(6-10)18-13(16-11)17-5-1-2-9(7-15)8-17/h3-4,6,9H,1-2,5,7-8,15H2/t9-/m0/s1. The Bertz CT molecular complexity index is 554. The van der Waals surface area contributed by atoms with Gasteiger partial charge in [-0.25, -0.2) is 0 Å². The monoisotopic (exact) mass is 265 g/mol. The van der Waals surface area contributed by atoms with Crippen LogP contribution in [0, 0.1) is 5.92 Å². The smallest absolute Gasteiger partial charge is 0.298 e. The molecular weight excluding hydrogens is 250 g/mol. The number of benzene rings is 1. The highest BCUT2D eigenvalue weighted by Crippen LogP contribution is 2.27. The summed E-state index contributed by atoms with van der Waals surface area (Å²) in [7, 11) is 0. The third-order valence-corrected chi connectivity index (χ3v) is 3.70. The zero-order valence-corrected chi connectivity index (χ0v) is 10.9. The van der Waals surface area contributed by atoms with Crippen LogP contribution in [0.25, 0.3) is 11.1 Å². The van der Waals surface area contributed by atoms with Crippen LogP contribution in [0.4, 0.5) is 6.01 Å². The number of fused-ring (bicyclic) bond motifs is 1. The number of aromatic nitrogens is 1. The third-order valence-electron chi connectivity index (χ3n) is 3.46. The molecule has 3 rings (SSSR count). The summed E-state index contributed by atoms with van der Waals surface area (Å²) < 4.78 is 5.77. The molecule has 2 N–H and O–H groups in total. The summed E-state index contributed by atoms with van der Waals surface area (Å²) in [6.07, 6.45) is 2.33. The zero-order chi connectivity index (χ0) is 12.5. The van der Waals surface area contributed by atoms with Gasteiger partial charge >= 0.3 is 0 Å². The first-order chi connectivity index (χ1) is 8.76. The number of halogens is 1. The van der Waals surface area contributed by atoms with Crippen LogP contribution in [0.5, 0.6) is 0 Å². The summed E-state index contributed by atoms with van der Waals surface area (Å²) in [6.45, 7) is 2.64. The van der Waals surface area contributed by atoms with Crippen molar-refractivity contribution in [3.8, 4) is 0 Å². The molecular formula is C13H16ClN3O. The van der Waals surface area contributed by atoms with Gasteiger partial charge in [0.05, 0.1) is 0 Å². The fraction of sp³-hybridized carbons (Fsp3) is 0.462. The molecule has 18 heavy (non-hydrogen) atoms. The lowest BCUT2D eigenvalue weighted by atomic mass is 9.99. The molecule has 1 fully saturated rings. The van der Waals surface area contributed by atoms with Crippen molar-refractivity contribution >= 4 is 28.7 Å². The summed E-state index contributed by atoms with van der Waals surface area (Å²) in [6, 6.07) is 6.20. The number of nitrogens with zero attached hydrogens (tertiary/aromatic N) is 2. The van der Waals surface area contributed by atoms with Crippen molar-refractivity contribution in [2.75, 3.05) is 24.5 Å². The maximum atomic E-state index is 5.94. The molecule has 2 heterocycles. The van der Waals surface area contributed by atoms with Crippen molar-refractivity contribution in [2.24, 2.45) is 11.7 Å². The van der Waals surface area contributed by atoms with Gasteiger partial charge < -0.3 is 15.1 Å². The Morgan fingerprint density at radius 1 is 1.50 bits per heavy atom. The minimum absolute atomic E-state index is 0.539. The lowest BCUT2D eigenvalue weighted by Gasteiger charge is -2.30. The Kier molecular flexibility index (Phi) is 3.14. The number of nitrogens with two attached hydrogens (primary N) is 1. The van der Waals surface area contributed by atoms with Crippen LogP contribution in [-0.2, 0) is 0 Å². The van der Waals surface area contributed by atoms with E-state index in [0.717, 1.165) is 37.2 Å². The Morgan fingerprint density at radius 2 is 2.39 bits per heavy atom. The molecule has 2 aromatic rings. The predicted octanol–water partition coefficient (Wildman–Crippen LogP) is 2.66. The van der Waals surface area contributed by atoms with Gasteiger partial charge in [0, 0.05) is 24.2 Å². The highest BCUT2D eigenvalue weighted by atomic mass is 35.5. The first-order valence-electron chi connectivity index (χ1n) is 6.27. The molecule has 0 aliphatic carbocycles. The van der Waals surface area contributed by atoms with E-state index in [0.29, 0.717) is 17.0 Å². The van der Waals surface area contributed by atoms with Gasteiger partial charge in [0.1, 0.15) is 5.52 Å². The molecule has 0 spiro atoms. The van der Waals surface area contributed by atoms with E-state index < -0.39 is 0 Å². The summed E-state index contributed by atoms with van der Waals surface area (Å²) in [5.41, 5.74) is 7.34. The molecule has 0 unspecified atom stereocenters. The van der Waals surface area contributed by atoms with E-state index in [-0.39, 0.29) is 0 Å². The summed E-state index contributed by atoms with van der Waals surface area (Å²) in [5.74, 6) is 0.539. The van der Waals surface area contributed by atoms with Crippen molar-refractivity contribution in [3.05, 3.63) is 23.2 Å². The topological polar surface area (TPSA) is 55.3 Å². The van der Waals surface area contributed by atoms with E-state index in [9.17, 15) is 0 Å². The van der Waals surface area contributed by atoms with Crippen LogP contribution in [0.1, 0.15) is 12.8 Å².